The first-order valence-corrected chi connectivity index (χ1v) is 17.3. The highest BCUT2D eigenvalue weighted by molar-refractivity contribution is 6.19. The quantitative estimate of drug-likeness (QED) is 0.173. The van der Waals surface area contributed by atoms with Crippen LogP contribution >= 0.6 is 0 Å². The number of rotatable bonds is 3. The number of carbonyl (C=O) groups excluding carboxylic acids is 2. The minimum absolute atomic E-state index is 0.0221. The van der Waals surface area contributed by atoms with Gasteiger partial charge in [0.2, 0.25) is 0 Å². The Morgan fingerprint density at radius 3 is 2.39 bits per heavy atom. The van der Waals surface area contributed by atoms with Crippen molar-refractivity contribution in [3.05, 3.63) is 23.0 Å². The number of hydrogen-bond donors (Lipinski definition) is 5. The summed E-state index contributed by atoms with van der Waals surface area (Å²) in [7, 11) is 0. The van der Waals surface area contributed by atoms with Crippen molar-refractivity contribution in [2.24, 2.45) is 41.4 Å². The first kappa shape index (κ1) is 34.0. The number of aliphatic hydroxyl groups excluding tert-OH is 5. The van der Waals surface area contributed by atoms with E-state index in [-0.39, 0.29) is 47.7 Å². The molecule has 0 radical (unpaired) electrons. The number of Topliss-reactive ketones (excluding diaryl/α,β-unsaturated/α-hetero) is 1. The summed E-state index contributed by atoms with van der Waals surface area (Å²) in [5, 5.41) is 57.9. The molecule has 0 amide bonds. The second-order valence-corrected chi connectivity index (χ2v) is 15.5. The maximum absolute atomic E-state index is 13.9. The molecule has 0 aromatic rings. The minimum atomic E-state index is -1.71. The van der Waals surface area contributed by atoms with Crippen LogP contribution in [0.5, 0.6) is 0 Å². The first-order valence-electron chi connectivity index (χ1n) is 17.3. The molecule has 3 saturated heterocycles. The lowest BCUT2D eigenvalue weighted by Crippen LogP contribution is -2.62. The molecular formula is C35H53NO10. The SMILES string of the molecule is CC=C(C)[C@H](O)[C@H](O)[C@H]1[C@@H](O)[C@H](O)[C@@H](C)CCCC[C@@H]2O[C@@]2(C)[C@H]2[C@@H]3O[C@@H]3[C@H]3C[C@@H](C)C[C@@H](C)[C@H]3[C@@H]2C(O)=C2C(=O)CN1OC2=O. The number of hydroxylamine groups is 2. The second-order valence-electron chi connectivity index (χ2n) is 15.5. The normalized spacial score (nSPS) is 49.5. The maximum Gasteiger partial charge on any atom is 0.364 e. The number of fused-ring (bicyclic) bond motifs is 12. The smallest absolute Gasteiger partial charge is 0.364 e. The summed E-state index contributed by atoms with van der Waals surface area (Å²) in [6.07, 6.45) is 0.0892. The van der Waals surface area contributed by atoms with Crippen molar-refractivity contribution in [2.45, 2.75) is 134 Å². The number of allylic oxidation sites excluding steroid dienone is 2. The summed E-state index contributed by atoms with van der Waals surface area (Å²) < 4.78 is 12.8. The van der Waals surface area contributed by atoms with Gasteiger partial charge in [-0.05, 0) is 81.6 Å². The summed E-state index contributed by atoms with van der Waals surface area (Å²) in [6, 6.07) is -1.53. The monoisotopic (exact) mass is 647 g/mol. The van der Waals surface area contributed by atoms with Crippen molar-refractivity contribution in [1.29, 1.82) is 0 Å². The molecule has 7 aliphatic rings. The predicted molar refractivity (Wildman–Crippen MR) is 166 cm³/mol. The van der Waals surface area contributed by atoms with E-state index >= 15 is 0 Å². The number of hydrogen-bond acceptors (Lipinski definition) is 11. The number of carbonyl (C=O) groups is 2. The predicted octanol–water partition coefficient (Wildman–Crippen LogP) is 2.60. The van der Waals surface area contributed by atoms with Gasteiger partial charge in [-0.15, -0.1) is 5.06 Å². The lowest BCUT2D eigenvalue weighted by molar-refractivity contribution is -0.238. The molecule has 2 saturated carbocycles. The average molecular weight is 648 g/mol. The van der Waals surface area contributed by atoms with Crippen LogP contribution in [0.2, 0.25) is 0 Å². The van der Waals surface area contributed by atoms with Gasteiger partial charge in [0, 0.05) is 11.8 Å². The Kier molecular flexibility index (Phi) is 9.28. The third-order valence-corrected chi connectivity index (χ3v) is 12.5. The Balaban J connectivity index is 1.42. The summed E-state index contributed by atoms with van der Waals surface area (Å²) in [6.45, 7) is 11.0. The molecule has 258 valence electrons. The second kappa shape index (κ2) is 12.5. The van der Waals surface area contributed by atoms with Gasteiger partial charge in [-0.3, -0.25) is 4.79 Å². The van der Waals surface area contributed by atoms with Crippen molar-refractivity contribution >= 4 is 11.8 Å². The molecule has 46 heavy (non-hydrogen) atoms. The lowest BCUT2D eigenvalue weighted by atomic mass is 9.53. The molecule has 0 spiro atoms. The van der Waals surface area contributed by atoms with Crippen molar-refractivity contribution in [3.8, 4) is 0 Å². The van der Waals surface area contributed by atoms with Gasteiger partial charge in [-0.25, -0.2) is 4.79 Å². The highest BCUT2D eigenvalue weighted by Crippen LogP contribution is 2.65. The molecule has 2 bridgehead atoms. The highest BCUT2D eigenvalue weighted by atomic mass is 16.7. The van der Waals surface area contributed by atoms with Crippen molar-refractivity contribution in [1.82, 2.24) is 5.06 Å². The molecule has 7 rings (SSSR count). The van der Waals surface area contributed by atoms with E-state index in [1.54, 1.807) is 26.8 Å². The topological polar surface area (TPSA) is 173 Å². The Hall–Kier alpha value is -1.86. The third-order valence-electron chi connectivity index (χ3n) is 12.5. The van der Waals surface area contributed by atoms with Gasteiger partial charge in [0.25, 0.3) is 0 Å². The standard InChI is InChI=1S/C35H53NO10/c1-7-16(3)27(38)30(41)26-31(42)28(39)17(4)10-8-9-11-21-35(6,45-21)25-24(29(40)23-20(37)14-36(26)46-34(23)43)22-18(5)12-15(2)13-19(22)32-33(25)44-32/h7,15,17-19,21-22,24-28,30-33,38-42H,8-14H2,1-6H3/t15-,17-,18+,19-,21-,22+,24-,25+,26-,27-,28+,30+,31+,32+,33-,35+/m0/s1. The van der Waals surface area contributed by atoms with Crippen LogP contribution in [0, 0.1) is 41.4 Å². The Bertz CT molecular complexity index is 1250. The van der Waals surface area contributed by atoms with Crippen LogP contribution in [0.15, 0.2) is 23.0 Å². The van der Waals surface area contributed by atoms with Gasteiger partial charge in [-0.2, -0.15) is 0 Å². The van der Waals surface area contributed by atoms with Gasteiger partial charge in [-0.1, -0.05) is 39.7 Å². The molecule has 2 aliphatic carbocycles. The van der Waals surface area contributed by atoms with Crippen LogP contribution in [0.3, 0.4) is 0 Å². The zero-order valence-electron chi connectivity index (χ0n) is 27.9. The molecule has 0 aromatic carbocycles. The number of ketones is 1. The molecular weight excluding hydrogens is 594 g/mol. The molecule has 11 nitrogen and oxygen atoms in total. The van der Waals surface area contributed by atoms with E-state index in [2.05, 4.69) is 20.8 Å². The van der Waals surface area contributed by atoms with E-state index < -0.39 is 71.8 Å². The van der Waals surface area contributed by atoms with Crippen molar-refractivity contribution in [2.75, 3.05) is 6.54 Å². The van der Waals surface area contributed by atoms with Crippen LogP contribution in [0.4, 0.5) is 0 Å². The number of epoxide rings is 2. The van der Waals surface area contributed by atoms with Crippen molar-refractivity contribution in [3.63, 3.8) is 0 Å². The Morgan fingerprint density at radius 2 is 1.72 bits per heavy atom. The zero-order valence-corrected chi connectivity index (χ0v) is 27.9. The van der Waals surface area contributed by atoms with E-state index in [0.717, 1.165) is 37.2 Å². The van der Waals surface area contributed by atoms with E-state index in [1.165, 1.54) is 0 Å². The van der Waals surface area contributed by atoms with E-state index in [0.29, 0.717) is 17.9 Å². The number of aliphatic hydroxyl groups is 5. The van der Waals surface area contributed by atoms with Crippen molar-refractivity contribution < 1.29 is 49.4 Å². The largest absolute Gasteiger partial charge is 0.511 e. The molecule has 5 aliphatic heterocycles. The fourth-order valence-corrected chi connectivity index (χ4v) is 9.84. The Morgan fingerprint density at radius 1 is 1.02 bits per heavy atom. The van der Waals surface area contributed by atoms with E-state index in [4.69, 9.17) is 14.3 Å². The lowest BCUT2D eigenvalue weighted by Gasteiger charge is -2.49. The first-order chi connectivity index (χ1) is 21.7. The van der Waals surface area contributed by atoms with Crippen LogP contribution in [-0.4, -0.2) is 103 Å². The van der Waals surface area contributed by atoms with Gasteiger partial charge in [0.15, 0.2) is 5.78 Å². The molecule has 5 fully saturated rings. The summed E-state index contributed by atoms with van der Waals surface area (Å²) in [4.78, 5) is 33.4. The molecule has 11 heteroatoms. The van der Waals surface area contributed by atoms with Crippen LogP contribution in [0.1, 0.15) is 80.1 Å². The number of ether oxygens (including phenoxy) is 2. The van der Waals surface area contributed by atoms with Gasteiger partial charge < -0.3 is 39.8 Å². The highest BCUT2D eigenvalue weighted by Gasteiger charge is 2.73. The van der Waals surface area contributed by atoms with Gasteiger partial charge >= 0.3 is 5.97 Å². The average Bonchev–Trinajstić information content (AvgIpc) is 3.92. The maximum atomic E-state index is 13.9. The molecule has 5 heterocycles. The molecule has 17 atom stereocenters. The van der Waals surface area contributed by atoms with E-state index in [1.807, 2.05) is 0 Å². The van der Waals surface area contributed by atoms with E-state index in [9.17, 15) is 35.1 Å². The van der Waals surface area contributed by atoms with Crippen LogP contribution < -0.4 is 0 Å². The molecule has 0 aromatic heterocycles. The third kappa shape index (κ3) is 5.67. The minimum Gasteiger partial charge on any atom is -0.511 e. The van der Waals surface area contributed by atoms with Crippen LogP contribution in [0.25, 0.3) is 0 Å². The fraction of sp³-hybridized carbons (Fsp3) is 0.829. The number of nitrogens with zero attached hydrogens (tertiary/aromatic N) is 1. The zero-order chi connectivity index (χ0) is 33.4. The summed E-state index contributed by atoms with van der Waals surface area (Å²) in [5.41, 5.74) is -0.616. The summed E-state index contributed by atoms with van der Waals surface area (Å²) >= 11 is 0. The molecule has 5 N–H and O–H groups in total. The van der Waals surface area contributed by atoms with Gasteiger partial charge in [0.05, 0.1) is 36.6 Å². The van der Waals surface area contributed by atoms with Gasteiger partial charge in [0.1, 0.15) is 35.7 Å². The Labute approximate surface area is 271 Å². The molecule has 1 unspecified atom stereocenters. The van der Waals surface area contributed by atoms with Crippen LogP contribution in [-0.2, 0) is 23.9 Å². The summed E-state index contributed by atoms with van der Waals surface area (Å²) in [5.74, 6) is -2.44. The fourth-order valence-electron chi connectivity index (χ4n) is 9.84.